The van der Waals surface area contributed by atoms with Gasteiger partial charge < -0.3 is 31.1 Å². The van der Waals surface area contributed by atoms with Crippen molar-refractivity contribution in [1.82, 2.24) is 15.1 Å². The van der Waals surface area contributed by atoms with Crippen LogP contribution < -0.4 is 11.1 Å². The van der Waals surface area contributed by atoms with Gasteiger partial charge in [-0.25, -0.2) is 4.79 Å². The second-order valence-electron chi connectivity index (χ2n) is 7.76. The van der Waals surface area contributed by atoms with E-state index in [0.717, 1.165) is 4.90 Å². The number of amides is 3. The van der Waals surface area contributed by atoms with Gasteiger partial charge in [0.2, 0.25) is 17.7 Å². The maximum Gasteiger partial charge on any atom is 0.326 e. The van der Waals surface area contributed by atoms with Gasteiger partial charge in [-0.1, -0.05) is 0 Å². The first-order chi connectivity index (χ1) is 14.7. The number of hydrogen-bond donors (Lipinski definition) is 4. The Balaban J connectivity index is 2.10. The first-order valence-corrected chi connectivity index (χ1v) is 11.7. The lowest BCUT2D eigenvalue weighted by molar-refractivity contribution is -0.151. The first kappa shape index (κ1) is 24.9. The minimum atomic E-state index is -1.41. The van der Waals surface area contributed by atoms with Crippen LogP contribution in [0.2, 0.25) is 0 Å². The summed E-state index contributed by atoms with van der Waals surface area (Å²) in [6.07, 6.45) is 3.41. The molecule has 2 fully saturated rings. The molecular weight excluding hydrogens is 428 g/mol. The zero-order chi connectivity index (χ0) is 23.1. The molecule has 2 rings (SSSR count). The molecule has 2 saturated heterocycles. The van der Waals surface area contributed by atoms with Crippen molar-refractivity contribution in [2.75, 3.05) is 25.1 Å². The van der Waals surface area contributed by atoms with Crippen molar-refractivity contribution in [3.63, 3.8) is 0 Å². The average Bonchev–Trinajstić information content (AvgIpc) is 3.39. The second-order valence-corrected chi connectivity index (χ2v) is 8.75. The van der Waals surface area contributed by atoms with Crippen LogP contribution in [-0.2, 0) is 24.0 Å². The van der Waals surface area contributed by atoms with Gasteiger partial charge in [-0.15, -0.1) is 0 Å². The fourth-order valence-corrected chi connectivity index (χ4v) is 4.50. The fourth-order valence-electron chi connectivity index (χ4n) is 4.01. The lowest BCUT2D eigenvalue weighted by Gasteiger charge is -2.30. The van der Waals surface area contributed by atoms with E-state index in [0.29, 0.717) is 38.0 Å². The van der Waals surface area contributed by atoms with E-state index in [-0.39, 0.29) is 18.9 Å². The molecule has 0 bridgehead atoms. The molecule has 31 heavy (non-hydrogen) atoms. The molecule has 2 heterocycles. The van der Waals surface area contributed by atoms with Gasteiger partial charge in [0.05, 0.1) is 12.5 Å². The van der Waals surface area contributed by atoms with E-state index in [4.69, 9.17) is 5.73 Å². The van der Waals surface area contributed by atoms with Gasteiger partial charge in [-0.05, 0) is 44.1 Å². The molecule has 4 unspecified atom stereocenters. The zero-order valence-corrected chi connectivity index (χ0v) is 18.3. The van der Waals surface area contributed by atoms with E-state index >= 15 is 0 Å². The van der Waals surface area contributed by atoms with Crippen LogP contribution in [-0.4, -0.2) is 98.9 Å². The Morgan fingerprint density at radius 1 is 1.03 bits per heavy atom. The molecule has 0 spiro atoms. The largest absolute Gasteiger partial charge is 0.481 e. The van der Waals surface area contributed by atoms with Crippen LogP contribution in [0.4, 0.5) is 0 Å². The van der Waals surface area contributed by atoms with Crippen molar-refractivity contribution in [1.29, 1.82) is 0 Å². The number of carboxylic acid groups (broad SMARTS) is 2. The van der Waals surface area contributed by atoms with Crippen LogP contribution >= 0.6 is 11.8 Å². The average molecular weight is 459 g/mol. The molecule has 0 aromatic rings. The van der Waals surface area contributed by atoms with Crippen LogP contribution in [0.15, 0.2) is 0 Å². The van der Waals surface area contributed by atoms with Crippen LogP contribution in [0.25, 0.3) is 0 Å². The van der Waals surface area contributed by atoms with Crippen molar-refractivity contribution in [2.24, 2.45) is 5.73 Å². The van der Waals surface area contributed by atoms with Crippen molar-refractivity contribution in [2.45, 2.75) is 62.7 Å². The Morgan fingerprint density at radius 3 is 2.16 bits per heavy atom. The van der Waals surface area contributed by atoms with Gasteiger partial charge in [-0.2, -0.15) is 11.8 Å². The molecule has 11 nitrogen and oxygen atoms in total. The van der Waals surface area contributed by atoms with Crippen molar-refractivity contribution >= 4 is 41.4 Å². The molecule has 0 aromatic heterocycles. The third kappa shape index (κ3) is 6.33. The van der Waals surface area contributed by atoms with Crippen molar-refractivity contribution in [3.8, 4) is 0 Å². The Hall–Kier alpha value is -2.34. The number of aliphatic carboxylic acids is 2. The van der Waals surface area contributed by atoms with E-state index < -0.39 is 54.3 Å². The SMILES string of the molecule is CSCCC(N)C(=O)N1CCCC1C(=O)NC(CC(=O)O)C(=O)N1CCCC1C(=O)O. The van der Waals surface area contributed by atoms with Gasteiger partial charge in [0.15, 0.2) is 0 Å². The Bertz CT molecular complexity index is 719. The quantitative estimate of drug-likeness (QED) is 0.324. The molecule has 0 aliphatic carbocycles. The third-order valence-electron chi connectivity index (χ3n) is 5.60. The summed E-state index contributed by atoms with van der Waals surface area (Å²) in [5.74, 6) is -3.49. The summed E-state index contributed by atoms with van der Waals surface area (Å²) in [6.45, 7) is 0.536. The highest BCUT2D eigenvalue weighted by Gasteiger charge is 2.41. The number of nitrogens with one attached hydrogen (secondary N) is 1. The van der Waals surface area contributed by atoms with Gasteiger partial charge in [0, 0.05) is 13.1 Å². The lowest BCUT2D eigenvalue weighted by atomic mass is 10.1. The number of nitrogens with two attached hydrogens (primary N) is 1. The monoisotopic (exact) mass is 458 g/mol. The molecule has 0 aromatic carbocycles. The maximum atomic E-state index is 12.9. The molecule has 174 valence electrons. The minimum absolute atomic E-state index is 0.181. The van der Waals surface area contributed by atoms with Crippen molar-refractivity contribution in [3.05, 3.63) is 0 Å². The highest BCUT2D eigenvalue weighted by molar-refractivity contribution is 7.98. The highest BCUT2D eigenvalue weighted by Crippen LogP contribution is 2.22. The molecule has 5 N–H and O–H groups in total. The Kier molecular flexibility index (Phi) is 9.11. The number of carbonyl (C=O) groups excluding carboxylic acids is 3. The summed E-state index contributed by atoms with van der Waals surface area (Å²) in [4.78, 5) is 63.6. The standard InChI is InChI=1S/C19H30N4O7S/c1-31-9-6-11(20)17(27)22-7-2-4-13(22)16(26)21-12(10-15(24)25)18(28)23-8-3-5-14(23)19(29)30/h11-14H,2-10,20H2,1H3,(H,21,26)(H,24,25)(H,29,30). The van der Waals surface area contributed by atoms with E-state index in [2.05, 4.69) is 5.32 Å². The number of hydrogen-bond acceptors (Lipinski definition) is 7. The van der Waals surface area contributed by atoms with E-state index in [1.54, 1.807) is 11.8 Å². The van der Waals surface area contributed by atoms with Gasteiger partial charge >= 0.3 is 11.9 Å². The van der Waals surface area contributed by atoms with E-state index in [9.17, 15) is 34.2 Å². The molecule has 3 amide bonds. The lowest BCUT2D eigenvalue weighted by Crippen LogP contribution is -2.57. The van der Waals surface area contributed by atoms with Gasteiger partial charge in [-0.3, -0.25) is 19.2 Å². The Labute approximate surface area is 184 Å². The highest BCUT2D eigenvalue weighted by atomic mass is 32.2. The smallest absolute Gasteiger partial charge is 0.326 e. The predicted molar refractivity (Wildman–Crippen MR) is 112 cm³/mol. The third-order valence-corrected chi connectivity index (χ3v) is 6.25. The van der Waals surface area contributed by atoms with Crippen LogP contribution in [0, 0.1) is 0 Å². The van der Waals surface area contributed by atoms with Gasteiger partial charge in [0.1, 0.15) is 18.1 Å². The number of carboxylic acids is 2. The van der Waals surface area contributed by atoms with Crippen molar-refractivity contribution < 1.29 is 34.2 Å². The van der Waals surface area contributed by atoms with Crippen LogP contribution in [0.3, 0.4) is 0 Å². The first-order valence-electron chi connectivity index (χ1n) is 10.3. The zero-order valence-electron chi connectivity index (χ0n) is 17.5. The molecule has 2 aliphatic rings. The van der Waals surface area contributed by atoms with Crippen LogP contribution in [0.1, 0.15) is 38.5 Å². The number of nitrogens with zero attached hydrogens (tertiary/aromatic N) is 2. The summed E-state index contributed by atoms with van der Waals surface area (Å²) in [6, 6.07) is -4.03. The molecule has 12 heteroatoms. The molecule has 4 atom stereocenters. The summed E-state index contributed by atoms with van der Waals surface area (Å²) in [7, 11) is 0. The predicted octanol–water partition coefficient (Wildman–Crippen LogP) is -0.907. The normalized spacial score (nSPS) is 22.8. The van der Waals surface area contributed by atoms with Crippen LogP contribution in [0.5, 0.6) is 0 Å². The number of carbonyl (C=O) groups is 5. The second kappa shape index (κ2) is 11.3. The fraction of sp³-hybridized carbons (Fsp3) is 0.737. The van der Waals surface area contributed by atoms with Gasteiger partial charge in [0.25, 0.3) is 0 Å². The summed E-state index contributed by atoms with van der Waals surface area (Å²) < 4.78 is 0. The molecule has 0 saturated carbocycles. The summed E-state index contributed by atoms with van der Waals surface area (Å²) >= 11 is 1.56. The van der Waals surface area contributed by atoms with E-state index in [1.165, 1.54) is 4.90 Å². The molecule has 2 aliphatic heterocycles. The maximum absolute atomic E-state index is 12.9. The number of rotatable bonds is 10. The van der Waals surface area contributed by atoms with E-state index in [1.807, 2.05) is 6.26 Å². The Morgan fingerprint density at radius 2 is 1.61 bits per heavy atom. The summed E-state index contributed by atoms with van der Waals surface area (Å²) in [5.41, 5.74) is 5.96. The molecular formula is C19H30N4O7S. The number of thioether (sulfide) groups is 1. The molecule has 0 radical (unpaired) electrons. The number of likely N-dealkylation sites (tertiary alicyclic amines) is 2. The minimum Gasteiger partial charge on any atom is -0.481 e. The summed E-state index contributed by atoms with van der Waals surface area (Å²) in [5, 5.41) is 21.0. The topological polar surface area (TPSA) is 170 Å².